The van der Waals surface area contributed by atoms with Gasteiger partial charge in [0.1, 0.15) is 16.6 Å². The van der Waals surface area contributed by atoms with Crippen LogP contribution < -0.4 is 11.1 Å². The number of nitrogens with two attached hydrogens (primary N) is 1. The highest BCUT2D eigenvalue weighted by atomic mass is 32.1. The van der Waals surface area contributed by atoms with Gasteiger partial charge in [-0.1, -0.05) is 12.2 Å². The number of halogens is 2. The molecule has 20 heavy (non-hydrogen) atoms. The van der Waals surface area contributed by atoms with E-state index >= 15 is 0 Å². The Hall–Kier alpha value is -2.15. The van der Waals surface area contributed by atoms with Crippen molar-refractivity contribution in [1.29, 1.82) is 0 Å². The van der Waals surface area contributed by atoms with Crippen molar-refractivity contribution < 1.29 is 8.78 Å². The second kappa shape index (κ2) is 5.46. The van der Waals surface area contributed by atoms with Gasteiger partial charge in [0, 0.05) is 6.07 Å². The molecule has 0 amide bonds. The van der Waals surface area contributed by atoms with Crippen LogP contribution in [0.3, 0.4) is 0 Å². The Labute approximate surface area is 120 Å². The van der Waals surface area contributed by atoms with Gasteiger partial charge in [-0.2, -0.15) is 5.10 Å². The fraction of sp³-hybridized carbons (Fsp3) is 0.154. The molecule has 0 bridgehead atoms. The predicted octanol–water partition coefficient (Wildman–Crippen LogP) is 2.75. The lowest BCUT2D eigenvalue weighted by Crippen LogP contribution is -2.17. The van der Waals surface area contributed by atoms with Crippen molar-refractivity contribution >= 4 is 28.7 Å². The first-order chi connectivity index (χ1) is 9.40. The third-order valence-corrected chi connectivity index (χ3v) is 3.09. The van der Waals surface area contributed by atoms with E-state index in [1.54, 1.807) is 13.8 Å². The van der Waals surface area contributed by atoms with Gasteiger partial charge in [0.05, 0.1) is 16.9 Å². The highest BCUT2D eigenvalue weighted by Crippen LogP contribution is 2.24. The second-order valence-electron chi connectivity index (χ2n) is 4.25. The molecule has 0 atom stereocenters. The number of aromatic nitrogens is 2. The number of rotatable bonds is 3. The van der Waals surface area contributed by atoms with E-state index in [1.807, 2.05) is 0 Å². The molecule has 2 rings (SSSR count). The summed E-state index contributed by atoms with van der Waals surface area (Å²) in [5, 5.41) is 10.5. The molecule has 0 saturated carbocycles. The quantitative estimate of drug-likeness (QED) is 0.852. The van der Waals surface area contributed by atoms with Gasteiger partial charge in [-0.3, -0.25) is 0 Å². The van der Waals surface area contributed by atoms with Crippen molar-refractivity contribution in [2.45, 2.75) is 13.8 Å². The largest absolute Gasteiger partial charge is 0.389 e. The fourth-order valence-electron chi connectivity index (χ4n) is 1.72. The van der Waals surface area contributed by atoms with Crippen LogP contribution >= 0.6 is 12.2 Å². The van der Waals surface area contributed by atoms with Crippen LogP contribution in [-0.4, -0.2) is 15.2 Å². The zero-order chi connectivity index (χ0) is 14.9. The standard InChI is InChI=1S/C13H12F2N4S/c1-6-7(2)18-19-13(11(6)12(16)20)17-10-5-8(14)3-4-9(10)15/h3-5H,1-2H3,(H2,16,20)(H,17,19). The minimum atomic E-state index is -0.611. The van der Waals surface area contributed by atoms with Crippen molar-refractivity contribution in [1.82, 2.24) is 10.2 Å². The van der Waals surface area contributed by atoms with Crippen LogP contribution in [0.4, 0.5) is 20.3 Å². The molecule has 1 aromatic carbocycles. The summed E-state index contributed by atoms with van der Waals surface area (Å²) in [6, 6.07) is 3.07. The van der Waals surface area contributed by atoms with E-state index in [9.17, 15) is 8.78 Å². The number of nitrogens with one attached hydrogen (secondary N) is 1. The van der Waals surface area contributed by atoms with Gasteiger partial charge in [0.25, 0.3) is 0 Å². The van der Waals surface area contributed by atoms with Crippen LogP contribution in [0.15, 0.2) is 18.2 Å². The number of nitrogens with zero attached hydrogens (tertiary/aromatic N) is 2. The summed E-state index contributed by atoms with van der Waals surface area (Å²) in [6.45, 7) is 3.54. The topological polar surface area (TPSA) is 63.8 Å². The number of thiocarbonyl (C=S) groups is 1. The van der Waals surface area contributed by atoms with Gasteiger partial charge < -0.3 is 11.1 Å². The molecule has 0 fully saturated rings. The highest BCUT2D eigenvalue weighted by Gasteiger charge is 2.15. The zero-order valence-corrected chi connectivity index (χ0v) is 11.7. The monoisotopic (exact) mass is 294 g/mol. The minimum absolute atomic E-state index is 0.0555. The minimum Gasteiger partial charge on any atom is -0.389 e. The Bertz CT molecular complexity index is 688. The molecule has 3 N–H and O–H groups in total. The van der Waals surface area contributed by atoms with Crippen LogP contribution in [-0.2, 0) is 0 Å². The number of aryl methyl sites for hydroxylation is 1. The van der Waals surface area contributed by atoms with Crippen molar-refractivity contribution in [3.05, 3.63) is 46.7 Å². The van der Waals surface area contributed by atoms with Crippen molar-refractivity contribution in [2.75, 3.05) is 5.32 Å². The molecule has 1 aromatic heterocycles. The van der Waals surface area contributed by atoms with Gasteiger partial charge in [-0.05, 0) is 31.5 Å². The summed E-state index contributed by atoms with van der Waals surface area (Å²) in [7, 11) is 0. The maximum Gasteiger partial charge on any atom is 0.163 e. The molecule has 0 saturated heterocycles. The van der Waals surface area contributed by atoms with E-state index in [4.69, 9.17) is 18.0 Å². The smallest absolute Gasteiger partial charge is 0.163 e. The zero-order valence-electron chi connectivity index (χ0n) is 10.9. The molecule has 0 aliphatic heterocycles. The Kier molecular flexibility index (Phi) is 3.89. The molecule has 7 heteroatoms. The summed E-state index contributed by atoms with van der Waals surface area (Å²) >= 11 is 4.97. The SMILES string of the molecule is Cc1nnc(Nc2cc(F)ccc2F)c(C(N)=S)c1C. The third kappa shape index (κ3) is 2.72. The molecule has 0 aliphatic rings. The summed E-state index contributed by atoms with van der Waals surface area (Å²) in [5.41, 5.74) is 7.48. The van der Waals surface area contributed by atoms with Crippen molar-refractivity contribution in [3.63, 3.8) is 0 Å². The molecule has 0 unspecified atom stereocenters. The lowest BCUT2D eigenvalue weighted by molar-refractivity contribution is 0.603. The van der Waals surface area contributed by atoms with Gasteiger partial charge in [-0.25, -0.2) is 8.78 Å². The summed E-state index contributed by atoms with van der Waals surface area (Å²) in [5.74, 6) is -0.979. The third-order valence-electron chi connectivity index (χ3n) is 2.88. The van der Waals surface area contributed by atoms with E-state index in [0.717, 1.165) is 23.8 Å². The average molecular weight is 294 g/mol. The first-order valence-corrected chi connectivity index (χ1v) is 6.16. The maximum absolute atomic E-state index is 13.6. The molecule has 2 aromatic rings. The van der Waals surface area contributed by atoms with Gasteiger partial charge in [0.2, 0.25) is 0 Å². The van der Waals surface area contributed by atoms with Crippen LogP contribution in [0.1, 0.15) is 16.8 Å². The molecular formula is C13H12F2N4S. The second-order valence-corrected chi connectivity index (χ2v) is 4.69. The molecule has 4 nitrogen and oxygen atoms in total. The Morgan fingerprint density at radius 3 is 2.60 bits per heavy atom. The first-order valence-electron chi connectivity index (χ1n) is 5.76. The number of anilines is 2. The lowest BCUT2D eigenvalue weighted by Gasteiger charge is -2.13. The summed E-state index contributed by atoms with van der Waals surface area (Å²) in [6.07, 6.45) is 0. The number of hydrogen-bond donors (Lipinski definition) is 2. The summed E-state index contributed by atoms with van der Waals surface area (Å²) in [4.78, 5) is 0.111. The highest BCUT2D eigenvalue weighted by molar-refractivity contribution is 7.80. The van der Waals surface area contributed by atoms with Crippen molar-refractivity contribution in [2.24, 2.45) is 5.73 Å². The van der Waals surface area contributed by atoms with Gasteiger partial charge in [-0.15, -0.1) is 5.10 Å². The van der Waals surface area contributed by atoms with E-state index in [2.05, 4.69) is 15.5 Å². The van der Waals surface area contributed by atoms with Gasteiger partial charge >= 0.3 is 0 Å². The Morgan fingerprint density at radius 2 is 1.95 bits per heavy atom. The molecule has 0 spiro atoms. The predicted molar refractivity (Wildman–Crippen MR) is 77.0 cm³/mol. The lowest BCUT2D eigenvalue weighted by atomic mass is 10.1. The van der Waals surface area contributed by atoms with Crippen LogP contribution in [0, 0.1) is 25.5 Å². The Morgan fingerprint density at radius 1 is 1.25 bits per heavy atom. The van der Waals surface area contributed by atoms with E-state index in [1.165, 1.54) is 0 Å². The molecule has 0 radical (unpaired) electrons. The van der Waals surface area contributed by atoms with E-state index in [0.29, 0.717) is 11.3 Å². The van der Waals surface area contributed by atoms with Crippen molar-refractivity contribution in [3.8, 4) is 0 Å². The molecule has 0 aliphatic carbocycles. The van der Waals surface area contributed by atoms with E-state index < -0.39 is 11.6 Å². The molecule has 104 valence electrons. The fourth-order valence-corrected chi connectivity index (χ4v) is 1.97. The maximum atomic E-state index is 13.6. The normalized spacial score (nSPS) is 10.4. The van der Waals surface area contributed by atoms with E-state index in [-0.39, 0.29) is 16.5 Å². The summed E-state index contributed by atoms with van der Waals surface area (Å²) < 4.78 is 26.8. The molecular weight excluding hydrogens is 282 g/mol. The van der Waals surface area contributed by atoms with Crippen LogP contribution in [0.2, 0.25) is 0 Å². The average Bonchev–Trinajstić information content (AvgIpc) is 2.38. The Balaban J connectivity index is 2.51. The first kappa shape index (κ1) is 14.3. The van der Waals surface area contributed by atoms with Crippen LogP contribution in [0.5, 0.6) is 0 Å². The number of benzene rings is 1. The van der Waals surface area contributed by atoms with Crippen LogP contribution in [0.25, 0.3) is 0 Å². The number of hydrogen-bond acceptors (Lipinski definition) is 4. The molecule has 1 heterocycles. The van der Waals surface area contributed by atoms with Gasteiger partial charge in [0.15, 0.2) is 5.82 Å².